The average Bonchev–Trinajstić information content (AvgIpc) is 2.84. The predicted molar refractivity (Wildman–Crippen MR) is 137 cm³/mol. The van der Waals surface area contributed by atoms with Crippen molar-refractivity contribution in [2.75, 3.05) is 10.5 Å². The normalized spacial score (nSPS) is 11.2. The number of benzene rings is 4. The Balaban J connectivity index is 1.41. The van der Waals surface area contributed by atoms with E-state index >= 15 is 0 Å². The van der Waals surface area contributed by atoms with Gasteiger partial charge in [-0.3, -0.25) is 9.52 Å². The molecule has 0 bridgehead atoms. The maximum atomic E-state index is 13.1. The number of carbonyl (C=O) groups is 1. The number of nitrogens with one attached hydrogen (secondary N) is 1. The van der Waals surface area contributed by atoms with Gasteiger partial charge < -0.3 is 5.73 Å². The molecule has 34 heavy (non-hydrogen) atoms. The fourth-order valence-corrected chi connectivity index (χ4v) is 5.10. The number of rotatable bonds is 9. The van der Waals surface area contributed by atoms with Gasteiger partial charge in [0.25, 0.3) is 10.0 Å². The third-order valence-corrected chi connectivity index (χ3v) is 6.95. The fraction of sp³-hybridized carbons (Fsp3) is 0.107. The summed E-state index contributed by atoms with van der Waals surface area (Å²) < 4.78 is 28.9. The van der Waals surface area contributed by atoms with Gasteiger partial charge in [0.15, 0.2) is 0 Å². The number of nitrogens with two attached hydrogens (primary N) is 1. The Morgan fingerprint density at radius 2 is 1.47 bits per heavy atom. The fourth-order valence-electron chi connectivity index (χ4n) is 3.81. The van der Waals surface area contributed by atoms with E-state index in [9.17, 15) is 13.2 Å². The lowest BCUT2D eigenvalue weighted by Gasteiger charge is -2.13. The van der Waals surface area contributed by atoms with Crippen LogP contribution in [-0.4, -0.2) is 14.2 Å². The second-order valence-corrected chi connectivity index (χ2v) is 9.78. The Morgan fingerprint density at radius 1 is 0.765 bits per heavy atom. The van der Waals surface area contributed by atoms with Crippen LogP contribution in [0.1, 0.15) is 17.5 Å². The van der Waals surface area contributed by atoms with Crippen molar-refractivity contribution in [3.05, 3.63) is 114 Å². The van der Waals surface area contributed by atoms with Gasteiger partial charge in [0.1, 0.15) is 5.78 Å². The first-order valence-electron chi connectivity index (χ1n) is 11.0. The zero-order valence-corrected chi connectivity index (χ0v) is 19.5. The first-order chi connectivity index (χ1) is 16.4. The second-order valence-electron chi connectivity index (χ2n) is 8.13. The monoisotopic (exact) mass is 470 g/mol. The number of anilines is 2. The van der Waals surface area contributed by atoms with Crippen LogP contribution in [0.25, 0.3) is 11.1 Å². The molecule has 0 heterocycles. The van der Waals surface area contributed by atoms with Crippen LogP contribution in [0, 0.1) is 0 Å². The summed E-state index contributed by atoms with van der Waals surface area (Å²) in [6.45, 7) is 0. The van der Waals surface area contributed by atoms with Crippen LogP contribution in [0.2, 0.25) is 0 Å². The molecule has 0 radical (unpaired) electrons. The number of nitrogen functional groups attached to an aromatic ring is 1. The van der Waals surface area contributed by atoms with Gasteiger partial charge in [0, 0.05) is 29.8 Å². The highest BCUT2D eigenvalue weighted by molar-refractivity contribution is 7.92. The van der Waals surface area contributed by atoms with E-state index in [-0.39, 0.29) is 10.7 Å². The van der Waals surface area contributed by atoms with E-state index in [4.69, 9.17) is 5.73 Å². The molecular formula is C28H26N2O3S. The lowest BCUT2D eigenvalue weighted by Crippen LogP contribution is -2.14. The molecule has 3 N–H and O–H groups in total. The molecule has 0 atom stereocenters. The van der Waals surface area contributed by atoms with Crippen LogP contribution in [0.5, 0.6) is 0 Å². The smallest absolute Gasteiger partial charge is 0.262 e. The summed E-state index contributed by atoms with van der Waals surface area (Å²) in [5.41, 5.74) is 10.3. The summed E-state index contributed by atoms with van der Waals surface area (Å²) >= 11 is 0. The van der Waals surface area contributed by atoms with Crippen LogP contribution in [-0.2, 0) is 27.7 Å². The van der Waals surface area contributed by atoms with Crippen molar-refractivity contribution in [3.8, 4) is 11.1 Å². The number of aryl methyl sites for hydroxylation is 1. The molecule has 0 aliphatic rings. The average molecular weight is 471 g/mol. The number of sulfonamides is 1. The summed E-state index contributed by atoms with van der Waals surface area (Å²) in [4.78, 5) is 12.6. The van der Waals surface area contributed by atoms with Gasteiger partial charge in [0.05, 0.1) is 4.90 Å². The Hall–Kier alpha value is -3.90. The molecular weight excluding hydrogens is 444 g/mol. The summed E-state index contributed by atoms with van der Waals surface area (Å²) in [5.74, 6) is 0.118. The highest BCUT2D eigenvalue weighted by Gasteiger charge is 2.19. The Labute approximate surface area is 200 Å². The molecule has 4 aromatic carbocycles. The number of hydrogen-bond donors (Lipinski definition) is 2. The van der Waals surface area contributed by atoms with Gasteiger partial charge in [-0.15, -0.1) is 0 Å². The third-order valence-electron chi connectivity index (χ3n) is 5.51. The Kier molecular flexibility index (Phi) is 7.09. The van der Waals surface area contributed by atoms with Gasteiger partial charge in [-0.05, 0) is 53.4 Å². The quantitative estimate of drug-likeness (QED) is 0.317. The van der Waals surface area contributed by atoms with E-state index in [1.54, 1.807) is 42.5 Å². The Bertz CT molecular complexity index is 1380. The van der Waals surface area contributed by atoms with Gasteiger partial charge in [-0.2, -0.15) is 0 Å². The number of carbonyl (C=O) groups excluding carboxylic acids is 1. The number of hydrogen-bond acceptors (Lipinski definition) is 4. The molecule has 4 rings (SSSR count). The van der Waals surface area contributed by atoms with E-state index in [2.05, 4.69) is 4.72 Å². The third kappa shape index (κ3) is 5.91. The molecule has 0 saturated carbocycles. The van der Waals surface area contributed by atoms with Crippen molar-refractivity contribution >= 4 is 27.2 Å². The summed E-state index contributed by atoms with van der Waals surface area (Å²) in [7, 11) is -3.80. The molecule has 4 aromatic rings. The lowest BCUT2D eigenvalue weighted by atomic mass is 10.0. The predicted octanol–water partition coefficient (Wildman–Crippen LogP) is 5.48. The van der Waals surface area contributed by atoms with Crippen molar-refractivity contribution in [2.24, 2.45) is 0 Å². The molecule has 0 unspecified atom stereocenters. The molecule has 0 spiro atoms. The van der Waals surface area contributed by atoms with Crippen LogP contribution in [0.15, 0.2) is 108 Å². The van der Waals surface area contributed by atoms with E-state index in [1.165, 1.54) is 0 Å². The SMILES string of the molecule is Nc1cccc(CCC(=O)Cc2ccc(NS(=O)(=O)c3ccccc3-c3ccccc3)cc2)c1. The standard InChI is InChI=1S/C28H26N2O3S/c29-24-10-6-7-21(19-24)15-18-26(31)20-22-13-16-25(17-14-22)30-34(32,33)28-12-5-4-11-27(28)23-8-2-1-3-9-23/h1-14,16-17,19,30H,15,18,20,29H2. The molecule has 0 aliphatic carbocycles. The summed E-state index contributed by atoms with van der Waals surface area (Å²) in [5, 5.41) is 0. The largest absolute Gasteiger partial charge is 0.399 e. The molecule has 5 nitrogen and oxygen atoms in total. The second kappa shape index (κ2) is 10.4. The van der Waals surface area contributed by atoms with E-state index < -0.39 is 10.0 Å². The van der Waals surface area contributed by atoms with Crippen molar-refractivity contribution in [1.29, 1.82) is 0 Å². The minimum absolute atomic E-state index is 0.118. The van der Waals surface area contributed by atoms with Crippen LogP contribution in [0.4, 0.5) is 11.4 Å². The van der Waals surface area contributed by atoms with Crippen molar-refractivity contribution < 1.29 is 13.2 Å². The highest BCUT2D eigenvalue weighted by atomic mass is 32.2. The minimum Gasteiger partial charge on any atom is -0.399 e. The zero-order valence-electron chi connectivity index (χ0n) is 18.6. The number of ketones is 1. The van der Waals surface area contributed by atoms with Crippen LogP contribution >= 0.6 is 0 Å². The minimum atomic E-state index is -3.80. The molecule has 0 aliphatic heterocycles. The van der Waals surface area contributed by atoms with E-state index in [0.29, 0.717) is 36.2 Å². The van der Waals surface area contributed by atoms with E-state index in [1.807, 2.05) is 60.7 Å². The molecule has 0 fully saturated rings. The van der Waals surface area contributed by atoms with Crippen LogP contribution in [0.3, 0.4) is 0 Å². The van der Waals surface area contributed by atoms with Gasteiger partial charge >= 0.3 is 0 Å². The van der Waals surface area contributed by atoms with Crippen molar-refractivity contribution in [2.45, 2.75) is 24.2 Å². The summed E-state index contributed by atoms with van der Waals surface area (Å²) in [6, 6.07) is 30.8. The molecule has 0 aromatic heterocycles. The lowest BCUT2D eigenvalue weighted by molar-refractivity contribution is -0.118. The molecule has 0 amide bonds. The summed E-state index contributed by atoms with van der Waals surface area (Å²) in [6.07, 6.45) is 1.36. The zero-order chi connectivity index (χ0) is 24.0. The first kappa shape index (κ1) is 23.3. The topological polar surface area (TPSA) is 89.3 Å². The Morgan fingerprint density at radius 3 is 2.21 bits per heavy atom. The molecule has 172 valence electrons. The molecule has 0 saturated heterocycles. The first-order valence-corrected chi connectivity index (χ1v) is 12.5. The van der Waals surface area contributed by atoms with Crippen molar-refractivity contribution in [1.82, 2.24) is 0 Å². The molecule has 6 heteroatoms. The van der Waals surface area contributed by atoms with Gasteiger partial charge in [-0.1, -0.05) is 72.8 Å². The maximum absolute atomic E-state index is 13.1. The van der Waals surface area contributed by atoms with E-state index in [0.717, 1.165) is 16.7 Å². The van der Waals surface area contributed by atoms with Crippen molar-refractivity contribution in [3.63, 3.8) is 0 Å². The number of Topliss-reactive ketones (excluding diaryl/α,β-unsaturated/α-hetero) is 1. The van der Waals surface area contributed by atoms with Crippen LogP contribution < -0.4 is 10.5 Å². The van der Waals surface area contributed by atoms with Gasteiger partial charge in [-0.25, -0.2) is 8.42 Å². The van der Waals surface area contributed by atoms with Gasteiger partial charge in [0.2, 0.25) is 0 Å². The maximum Gasteiger partial charge on any atom is 0.262 e. The highest BCUT2D eigenvalue weighted by Crippen LogP contribution is 2.28.